The van der Waals surface area contributed by atoms with E-state index in [-0.39, 0.29) is 0 Å². The van der Waals surface area contributed by atoms with Gasteiger partial charge >= 0.3 is 0 Å². The Hall–Kier alpha value is -1.36. The molecule has 110 valence electrons. The molecule has 5 heteroatoms. The van der Waals surface area contributed by atoms with E-state index in [0.717, 1.165) is 45.6 Å². The molecule has 0 radical (unpaired) electrons. The first-order valence-corrected chi connectivity index (χ1v) is 7.82. The summed E-state index contributed by atoms with van der Waals surface area (Å²) in [4.78, 5) is 16.3. The average Bonchev–Trinajstić information content (AvgIpc) is 3.10. The SMILES string of the molecule is O=C1CCCN1CCN1CCCCC1Cn1cccn1. The average molecular weight is 276 g/mol. The minimum Gasteiger partial charge on any atom is -0.341 e. The van der Waals surface area contributed by atoms with Crippen LogP contribution in [0.2, 0.25) is 0 Å². The van der Waals surface area contributed by atoms with Crippen molar-refractivity contribution in [2.75, 3.05) is 26.2 Å². The van der Waals surface area contributed by atoms with Crippen LogP contribution < -0.4 is 0 Å². The van der Waals surface area contributed by atoms with E-state index in [0.29, 0.717) is 11.9 Å². The third-order valence-corrected chi connectivity index (χ3v) is 4.53. The normalized spacial score (nSPS) is 24.5. The first kappa shape index (κ1) is 13.6. The lowest BCUT2D eigenvalue weighted by molar-refractivity contribution is -0.128. The number of carbonyl (C=O) groups excluding carboxylic acids is 1. The van der Waals surface area contributed by atoms with Crippen LogP contribution in [0.25, 0.3) is 0 Å². The smallest absolute Gasteiger partial charge is 0.222 e. The lowest BCUT2D eigenvalue weighted by atomic mass is 10.0. The molecule has 0 bridgehead atoms. The summed E-state index contributed by atoms with van der Waals surface area (Å²) < 4.78 is 2.03. The van der Waals surface area contributed by atoms with Crippen LogP contribution in [0.15, 0.2) is 18.5 Å². The van der Waals surface area contributed by atoms with Gasteiger partial charge in [-0.05, 0) is 31.9 Å². The van der Waals surface area contributed by atoms with E-state index < -0.39 is 0 Å². The van der Waals surface area contributed by atoms with Crippen LogP contribution in [-0.2, 0) is 11.3 Å². The van der Waals surface area contributed by atoms with E-state index in [2.05, 4.69) is 10.00 Å². The minimum absolute atomic E-state index is 0.339. The van der Waals surface area contributed by atoms with Gasteiger partial charge in [0.2, 0.25) is 5.91 Å². The fraction of sp³-hybridized carbons (Fsp3) is 0.733. The van der Waals surface area contributed by atoms with Gasteiger partial charge in [-0.2, -0.15) is 5.10 Å². The van der Waals surface area contributed by atoms with Gasteiger partial charge in [0, 0.05) is 44.5 Å². The van der Waals surface area contributed by atoms with Crippen molar-refractivity contribution in [1.82, 2.24) is 19.6 Å². The number of carbonyl (C=O) groups is 1. The van der Waals surface area contributed by atoms with Crippen molar-refractivity contribution in [2.24, 2.45) is 0 Å². The van der Waals surface area contributed by atoms with E-state index >= 15 is 0 Å². The maximum Gasteiger partial charge on any atom is 0.222 e. The molecular weight excluding hydrogens is 252 g/mol. The van der Waals surface area contributed by atoms with E-state index in [1.165, 1.54) is 19.3 Å². The summed E-state index contributed by atoms with van der Waals surface area (Å²) in [5, 5.41) is 4.32. The maximum atomic E-state index is 11.7. The Bertz CT molecular complexity index is 431. The standard InChI is InChI=1S/C15H24N4O/c20-15-6-3-9-18(15)12-11-17-8-2-1-5-14(17)13-19-10-4-7-16-19/h4,7,10,14H,1-3,5-6,8-9,11-13H2. The van der Waals surface area contributed by atoms with Gasteiger partial charge < -0.3 is 4.90 Å². The summed E-state index contributed by atoms with van der Waals surface area (Å²) in [6.07, 6.45) is 9.50. The molecule has 1 atom stereocenters. The van der Waals surface area contributed by atoms with Crippen LogP contribution in [0.5, 0.6) is 0 Å². The number of piperidine rings is 1. The number of nitrogens with zero attached hydrogens (tertiary/aromatic N) is 4. The fourth-order valence-electron chi connectivity index (χ4n) is 3.38. The van der Waals surface area contributed by atoms with E-state index in [1.807, 2.05) is 28.0 Å². The second kappa shape index (κ2) is 6.39. The molecule has 2 aliphatic rings. The van der Waals surface area contributed by atoms with Gasteiger partial charge in [0.05, 0.1) is 6.54 Å². The van der Waals surface area contributed by atoms with Crippen LogP contribution in [0.3, 0.4) is 0 Å². The van der Waals surface area contributed by atoms with Gasteiger partial charge in [-0.1, -0.05) is 6.42 Å². The van der Waals surface area contributed by atoms with Crippen molar-refractivity contribution >= 4 is 5.91 Å². The van der Waals surface area contributed by atoms with Crippen LogP contribution in [0.1, 0.15) is 32.1 Å². The van der Waals surface area contributed by atoms with Gasteiger partial charge in [0.15, 0.2) is 0 Å². The number of amides is 1. The summed E-state index contributed by atoms with van der Waals surface area (Å²) >= 11 is 0. The lowest BCUT2D eigenvalue weighted by Crippen LogP contribution is -2.46. The Kier molecular flexibility index (Phi) is 4.35. The molecule has 2 aliphatic heterocycles. The largest absolute Gasteiger partial charge is 0.341 e. The summed E-state index contributed by atoms with van der Waals surface area (Å²) in [5.41, 5.74) is 0. The molecule has 0 saturated carbocycles. The molecule has 20 heavy (non-hydrogen) atoms. The van der Waals surface area contributed by atoms with Crippen molar-refractivity contribution in [3.8, 4) is 0 Å². The summed E-state index contributed by atoms with van der Waals surface area (Å²) in [6, 6.07) is 2.55. The van der Waals surface area contributed by atoms with E-state index in [1.54, 1.807) is 0 Å². The summed E-state index contributed by atoms with van der Waals surface area (Å²) in [7, 11) is 0. The van der Waals surface area contributed by atoms with Crippen molar-refractivity contribution in [2.45, 2.75) is 44.7 Å². The Labute approximate surface area is 120 Å². The molecular formula is C15H24N4O. The third kappa shape index (κ3) is 3.20. The topological polar surface area (TPSA) is 41.4 Å². The van der Waals surface area contributed by atoms with Crippen molar-refractivity contribution in [3.63, 3.8) is 0 Å². The zero-order valence-electron chi connectivity index (χ0n) is 12.1. The van der Waals surface area contributed by atoms with Crippen molar-refractivity contribution < 1.29 is 4.79 Å². The molecule has 2 saturated heterocycles. The molecule has 3 heterocycles. The Morgan fingerprint density at radius 2 is 2.15 bits per heavy atom. The lowest BCUT2D eigenvalue weighted by Gasteiger charge is -2.36. The van der Waals surface area contributed by atoms with Gasteiger partial charge in [-0.15, -0.1) is 0 Å². The molecule has 0 spiro atoms. The second-order valence-electron chi connectivity index (χ2n) is 5.90. The number of rotatable bonds is 5. The molecule has 1 aromatic heterocycles. The van der Waals surface area contributed by atoms with E-state index in [4.69, 9.17) is 0 Å². The molecule has 0 N–H and O–H groups in total. The predicted octanol–water partition coefficient (Wildman–Crippen LogP) is 1.36. The third-order valence-electron chi connectivity index (χ3n) is 4.53. The maximum absolute atomic E-state index is 11.7. The fourth-order valence-corrected chi connectivity index (χ4v) is 3.38. The van der Waals surface area contributed by atoms with Gasteiger partial charge in [-0.3, -0.25) is 14.4 Å². The Morgan fingerprint density at radius 1 is 1.20 bits per heavy atom. The zero-order chi connectivity index (χ0) is 13.8. The number of hydrogen-bond acceptors (Lipinski definition) is 3. The van der Waals surface area contributed by atoms with Crippen LogP contribution in [0, 0.1) is 0 Å². The Balaban J connectivity index is 1.53. The highest BCUT2D eigenvalue weighted by molar-refractivity contribution is 5.78. The Morgan fingerprint density at radius 3 is 2.90 bits per heavy atom. The van der Waals surface area contributed by atoms with Crippen molar-refractivity contribution in [1.29, 1.82) is 0 Å². The summed E-state index contributed by atoms with van der Waals surface area (Å²) in [6.45, 7) is 5.00. The molecule has 3 rings (SSSR count). The summed E-state index contributed by atoms with van der Waals surface area (Å²) in [5.74, 6) is 0.339. The van der Waals surface area contributed by atoms with Gasteiger partial charge in [0.25, 0.3) is 0 Å². The van der Waals surface area contributed by atoms with Crippen LogP contribution in [-0.4, -0.2) is 57.7 Å². The molecule has 2 fully saturated rings. The first-order chi connectivity index (χ1) is 9.83. The second-order valence-corrected chi connectivity index (χ2v) is 5.90. The quantitative estimate of drug-likeness (QED) is 0.815. The minimum atomic E-state index is 0.339. The molecule has 1 amide bonds. The monoisotopic (exact) mass is 276 g/mol. The van der Waals surface area contributed by atoms with Crippen LogP contribution in [0.4, 0.5) is 0 Å². The highest BCUT2D eigenvalue weighted by atomic mass is 16.2. The van der Waals surface area contributed by atoms with Crippen molar-refractivity contribution in [3.05, 3.63) is 18.5 Å². The van der Waals surface area contributed by atoms with Gasteiger partial charge in [0.1, 0.15) is 0 Å². The molecule has 1 unspecified atom stereocenters. The number of aromatic nitrogens is 2. The van der Waals surface area contributed by atoms with E-state index in [9.17, 15) is 4.79 Å². The number of hydrogen-bond donors (Lipinski definition) is 0. The highest BCUT2D eigenvalue weighted by Gasteiger charge is 2.25. The molecule has 0 aliphatic carbocycles. The van der Waals surface area contributed by atoms with Crippen LogP contribution >= 0.6 is 0 Å². The molecule has 0 aromatic carbocycles. The highest BCUT2D eigenvalue weighted by Crippen LogP contribution is 2.19. The number of likely N-dealkylation sites (tertiary alicyclic amines) is 2. The predicted molar refractivity (Wildman–Crippen MR) is 77.3 cm³/mol. The first-order valence-electron chi connectivity index (χ1n) is 7.82. The zero-order valence-corrected chi connectivity index (χ0v) is 12.1. The molecule has 1 aromatic rings. The van der Waals surface area contributed by atoms with Gasteiger partial charge in [-0.25, -0.2) is 0 Å². The molecule has 5 nitrogen and oxygen atoms in total.